The van der Waals surface area contributed by atoms with Crippen molar-refractivity contribution in [2.24, 2.45) is 0 Å². The van der Waals surface area contributed by atoms with Crippen molar-refractivity contribution in [3.63, 3.8) is 0 Å². The summed E-state index contributed by atoms with van der Waals surface area (Å²) in [4.78, 5) is 0. The molecule has 11 heavy (non-hydrogen) atoms. The number of rotatable bonds is 0. The number of hydrogen-bond donors (Lipinski definition) is 2. The van der Waals surface area contributed by atoms with Gasteiger partial charge in [0.2, 0.25) is 0 Å². The number of aliphatic hydroxyl groups excluding tert-OH is 1. The standard InChI is InChI=1S/C7H9N.CH4O.CH4/c1-6-4-2-3-5-7(6)8;1-2;/h2-5H,8H2,1H3;2H,1H3;1H4. The number of hydrogen-bond acceptors (Lipinski definition) is 2. The van der Waals surface area contributed by atoms with Crippen LogP contribution in [0.4, 0.5) is 5.69 Å². The SMILES string of the molecule is C.CO.Cc1ccccc1N. The molecule has 3 N–H and O–H groups in total. The van der Waals surface area contributed by atoms with Gasteiger partial charge in [0.1, 0.15) is 0 Å². The maximum absolute atomic E-state index is 7.00. The van der Waals surface area contributed by atoms with Crippen molar-refractivity contribution in [3.8, 4) is 0 Å². The van der Waals surface area contributed by atoms with Gasteiger partial charge in [0.05, 0.1) is 0 Å². The normalized spacial score (nSPS) is 7.18. The van der Waals surface area contributed by atoms with Crippen LogP contribution in [0.5, 0.6) is 0 Å². The second-order valence-electron chi connectivity index (χ2n) is 1.86. The van der Waals surface area contributed by atoms with Gasteiger partial charge in [0.25, 0.3) is 0 Å². The molecule has 0 aliphatic heterocycles. The molecule has 2 heteroatoms. The van der Waals surface area contributed by atoms with E-state index in [1.54, 1.807) is 0 Å². The van der Waals surface area contributed by atoms with Crippen molar-refractivity contribution in [2.45, 2.75) is 14.4 Å². The van der Waals surface area contributed by atoms with Crippen LogP contribution >= 0.6 is 0 Å². The second-order valence-corrected chi connectivity index (χ2v) is 1.86. The molecule has 0 fully saturated rings. The minimum Gasteiger partial charge on any atom is -0.400 e. The Morgan fingerprint density at radius 3 is 1.91 bits per heavy atom. The van der Waals surface area contributed by atoms with Gasteiger partial charge in [-0.2, -0.15) is 0 Å². The van der Waals surface area contributed by atoms with Gasteiger partial charge in [-0.25, -0.2) is 0 Å². The lowest BCUT2D eigenvalue weighted by Gasteiger charge is -1.93. The highest BCUT2D eigenvalue weighted by atomic mass is 16.2. The quantitative estimate of drug-likeness (QED) is 0.561. The first kappa shape index (κ1) is 12.6. The highest BCUT2D eigenvalue weighted by Gasteiger charge is 1.84. The van der Waals surface area contributed by atoms with E-state index in [1.807, 2.05) is 31.2 Å². The number of benzene rings is 1. The smallest absolute Gasteiger partial charge is 0.0343 e. The lowest BCUT2D eigenvalue weighted by Crippen LogP contribution is -1.85. The van der Waals surface area contributed by atoms with E-state index in [9.17, 15) is 0 Å². The van der Waals surface area contributed by atoms with Crippen molar-refractivity contribution in [3.05, 3.63) is 29.8 Å². The van der Waals surface area contributed by atoms with E-state index >= 15 is 0 Å². The van der Waals surface area contributed by atoms with Crippen LogP contribution in [0.25, 0.3) is 0 Å². The molecule has 0 spiro atoms. The van der Waals surface area contributed by atoms with E-state index in [2.05, 4.69) is 0 Å². The van der Waals surface area contributed by atoms with Crippen LogP contribution in [0.2, 0.25) is 0 Å². The Morgan fingerprint density at radius 2 is 1.64 bits per heavy atom. The highest BCUT2D eigenvalue weighted by molar-refractivity contribution is 5.44. The fraction of sp³-hybridized carbons (Fsp3) is 0.333. The molecule has 0 atom stereocenters. The molecule has 0 aliphatic rings. The summed E-state index contributed by atoms with van der Waals surface area (Å²) in [6.45, 7) is 2.00. The summed E-state index contributed by atoms with van der Waals surface area (Å²) in [6, 6.07) is 7.80. The van der Waals surface area contributed by atoms with Gasteiger partial charge in [0, 0.05) is 12.8 Å². The average molecular weight is 155 g/mol. The average Bonchev–Trinajstić information content (AvgIpc) is 2.00. The van der Waals surface area contributed by atoms with Gasteiger partial charge in [-0.05, 0) is 18.6 Å². The zero-order valence-corrected chi connectivity index (χ0v) is 6.33. The zero-order valence-electron chi connectivity index (χ0n) is 6.33. The molecule has 0 saturated heterocycles. The maximum atomic E-state index is 7.00. The van der Waals surface area contributed by atoms with Crippen LogP contribution in [0.1, 0.15) is 13.0 Å². The topological polar surface area (TPSA) is 46.2 Å². The molecule has 0 bridgehead atoms. The molecule has 1 aromatic carbocycles. The van der Waals surface area contributed by atoms with Crippen LogP contribution in [-0.4, -0.2) is 12.2 Å². The van der Waals surface area contributed by atoms with Crippen molar-refractivity contribution >= 4 is 5.69 Å². The Balaban J connectivity index is 0. The predicted molar refractivity (Wildman–Crippen MR) is 50.5 cm³/mol. The first-order valence-electron chi connectivity index (χ1n) is 3.06. The number of aliphatic hydroxyl groups is 1. The monoisotopic (exact) mass is 155 g/mol. The molecule has 0 saturated carbocycles. The first-order valence-corrected chi connectivity index (χ1v) is 3.06. The van der Waals surface area contributed by atoms with E-state index in [0.717, 1.165) is 18.4 Å². The van der Waals surface area contributed by atoms with Crippen molar-refractivity contribution in [2.75, 3.05) is 12.8 Å². The van der Waals surface area contributed by atoms with Crippen LogP contribution in [0.15, 0.2) is 24.3 Å². The summed E-state index contributed by atoms with van der Waals surface area (Å²) >= 11 is 0. The van der Waals surface area contributed by atoms with Crippen molar-refractivity contribution in [1.82, 2.24) is 0 Å². The van der Waals surface area contributed by atoms with Crippen molar-refractivity contribution < 1.29 is 5.11 Å². The molecule has 0 heterocycles. The molecule has 0 unspecified atom stereocenters. The molecule has 1 rings (SSSR count). The lowest BCUT2D eigenvalue weighted by atomic mass is 10.2. The Hall–Kier alpha value is -1.02. The summed E-state index contributed by atoms with van der Waals surface area (Å²) in [5.41, 5.74) is 7.53. The van der Waals surface area contributed by atoms with E-state index in [0.29, 0.717) is 0 Å². The maximum Gasteiger partial charge on any atom is 0.0343 e. The van der Waals surface area contributed by atoms with Crippen molar-refractivity contribution in [1.29, 1.82) is 0 Å². The molecule has 0 aromatic heterocycles. The van der Waals surface area contributed by atoms with Gasteiger partial charge < -0.3 is 10.8 Å². The third kappa shape index (κ3) is 4.39. The summed E-state index contributed by atoms with van der Waals surface area (Å²) < 4.78 is 0. The number of nitrogens with two attached hydrogens (primary N) is 1. The Kier molecular flexibility index (Phi) is 8.15. The van der Waals surface area contributed by atoms with Gasteiger partial charge >= 0.3 is 0 Å². The zero-order chi connectivity index (χ0) is 7.98. The molecular formula is C9H17NO. The summed E-state index contributed by atoms with van der Waals surface area (Å²) in [7, 11) is 1.00. The van der Waals surface area contributed by atoms with Gasteiger partial charge in [0.15, 0.2) is 0 Å². The third-order valence-corrected chi connectivity index (χ3v) is 1.19. The van der Waals surface area contributed by atoms with Crippen LogP contribution in [0, 0.1) is 6.92 Å². The number of para-hydroxylation sites is 1. The van der Waals surface area contributed by atoms with E-state index in [4.69, 9.17) is 10.8 Å². The van der Waals surface area contributed by atoms with Gasteiger partial charge in [-0.15, -0.1) is 0 Å². The predicted octanol–water partition coefficient (Wildman–Crippen LogP) is 1.82. The third-order valence-electron chi connectivity index (χ3n) is 1.19. The molecular weight excluding hydrogens is 138 g/mol. The number of nitrogen functional groups attached to an aromatic ring is 1. The molecule has 1 aromatic rings. The summed E-state index contributed by atoms with van der Waals surface area (Å²) in [5, 5.41) is 7.00. The largest absolute Gasteiger partial charge is 0.400 e. The van der Waals surface area contributed by atoms with E-state index in [-0.39, 0.29) is 7.43 Å². The summed E-state index contributed by atoms with van der Waals surface area (Å²) in [5.74, 6) is 0. The van der Waals surface area contributed by atoms with Gasteiger partial charge in [-0.1, -0.05) is 25.6 Å². The van der Waals surface area contributed by atoms with Gasteiger partial charge in [-0.3, -0.25) is 0 Å². The fourth-order valence-corrected chi connectivity index (χ4v) is 0.587. The molecule has 2 nitrogen and oxygen atoms in total. The highest BCUT2D eigenvalue weighted by Crippen LogP contribution is 2.06. The second kappa shape index (κ2) is 7.09. The number of anilines is 1. The lowest BCUT2D eigenvalue weighted by molar-refractivity contribution is 0.399. The molecule has 0 radical (unpaired) electrons. The Bertz CT molecular complexity index is 166. The molecule has 64 valence electrons. The van der Waals surface area contributed by atoms with E-state index < -0.39 is 0 Å². The van der Waals surface area contributed by atoms with Crippen LogP contribution < -0.4 is 5.73 Å². The first-order chi connectivity index (χ1) is 4.80. The Morgan fingerprint density at radius 1 is 1.18 bits per heavy atom. The van der Waals surface area contributed by atoms with Crippen LogP contribution in [0.3, 0.4) is 0 Å². The summed E-state index contributed by atoms with van der Waals surface area (Å²) in [6.07, 6.45) is 0. The molecule has 0 amide bonds. The minimum atomic E-state index is 0. The Labute approximate surface area is 68.7 Å². The fourth-order valence-electron chi connectivity index (χ4n) is 0.587. The molecule has 0 aliphatic carbocycles. The minimum absolute atomic E-state index is 0. The number of aryl methyl sites for hydroxylation is 1. The van der Waals surface area contributed by atoms with Crippen LogP contribution in [-0.2, 0) is 0 Å². The van der Waals surface area contributed by atoms with E-state index in [1.165, 1.54) is 0 Å².